The van der Waals surface area contributed by atoms with E-state index in [4.69, 9.17) is 21.3 Å². The van der Waals surface area contributed by atoms with E-state index < -0.39 is 0 Å². The molecular formula is C15H20ClN3O. The van der Waals surface area contributed by atoms with Crippen LogP contribution in [0.4, 0.5) is 0 Å². The first-order valence-electron chi connectivity index (χ1n) is 7.24. The van der Waals surface area contributed by atoms with Gasteiger partial charge in [0, 0.05) is 12.8 Å². The molecule has 2 atom stereocenters. The van der Waals surface area contributed by atoms with Crippen molar-refractivity contribution in [3.05, 3.63) is 23.7 Å². The summed E-state index contributed by atoms with van der Waals surface area (Å²) in [5.74, 6) is 0.887. The number of alkyl halides is 1. The van der Waals surface area contributed by atoms with Crippen LogP contribution in [0.1, 0.15) is 43.0 Å². The first-order valence-corrected chi connectivity index (χ1v) is 7.68. The van der Waals surface area contributed by atoms with Gasteiger partial charge in [0.05, 0.1) is 18.0 Å². The largest absolute Gasteiger partial charge is 0.376 e. The molecule has 0 aromatic carbocycles. The summed E-state index contributed by atoms with van der Waals surface area (Å²) in [6.07, 6.45) is 5.58. The molecule has 0 amide bonds. The van der Waals surface area contributed by atoms with Gasteiger partial charge < -0.3 is 9.30 Å². The second-order valence-electron chi connectivity index (χ2n) is 5.49. The van der Waals surface area contributed by atoms with E-state index >= 15 is 0 Å². The molecule has 3 heterocycles. The summed E-state index contributed by atoms with van der Waals surface area (Å²) in [5.41, 5.74) is 3.00. The highest BCUT2D eigenvalue weighted by molar-refractivity contribution is 6.20. The maximum absolute atomic E-state index is 6.30. The van der Waals surface area contributed by atoms with Crippen LogP contribution in [0.2, 0.25) is 0 Å². The van der Waals surface area contributed by atoms with Crippen molar-refractivity contribution < 1.29 is 4.74 Å². The number of pyridine rings is 1. The summed E-state index contributed by atoms with van der Waals surface area (Å²) in [4.78, 5) is 9.19. The Balaban J connectivity index is 2.02. The zero-order valence-electron chi connectivity index (χ0n) is 12.0. The molecule has 2 aromatic heterocycles. The van der Waals surface area contributed by atoms with Crippen LogP contribution >= 0.6 is 11.6 Å². The van der Waals surface area contributed by atoms with Gasteiger partial charge in [0.1, 0.15) is 11.3 Å². The Labute approximate surface area is 124 Å². The maximum atomic E-state index is 6.30. The molecule has 0 N–H and O–H groups in total. The molecule has 1 aliphatic rings. The Morgan fingerprint density at radius 3 is 3.05 bits per heavy atom. The third-order valence-electron chi connectivity index (χ3n) is 3.88. The molecule has 4 nitrogen and oxygen atoms in total. The van der Waals surface area contributed by atoms with Gasteiger partial charge in [0.15, 0.2) is 5.65 Å². The van der Waals surface area contributed by atoms with E-state index in [1.165, 1.54) is 6.42 Å². The molecule has 1 fully saturated rings. The number of imidazole rings is 1. The van der Waals surface area contributed by atoms with Crippen LogP contribution in [0.25, 0.3) is 11.2 Å². The quantitative estimate of drug-likeness (QED) is 0.812. The number of nitrogens with zero attached hydrogens (tertiary/aromatic N) is 3. The van der Waals surface area contributed by atoms with E-state index in [2.05, 4.69) is 16.5 Å². The van der Waals surface area contributed by atoms with Crippen LogP contribution in [0, 0.1) is 6.92 Å². The number of hydrogen-bond donors (Lipinski definition) is 0. The van der Waals surface area contributed by atoms with Crippen LogP contribution < -0.4 is 0 Å². The minimum atomic E-state index is -0.132. The van der Waals surface area contributed by atoms with Gasteiger partial charge in [-0.05, 0) is 44.7 Å². The predicted octanol–water partition coefficient (Wildman–Crippen LogP) is 3.61. The van der Waals surface area contributed by atoms with E-state index in [0.29, 0.717) is 0 Å². The van der Waals surface area contributed by atoms with Gasteiger partial charge in [-0.2, -0.15) is 0 Å². The monoisotopic (exact) mass is 293 g/mol. The van der Waals surface area contributed by atoms with Crippen molar-refractivity contribution >= 4 is 22.8 Å². The Hall–Kier alpha value is -1.13. The molecule has 0 saturated carbocycles. The molecule has 20 heavy (non-hydrogen) atoms. The molecule has 2 unspecified atom stereocenters. The summed E-state index contributed by atoms with van der Waals surface area (Å²) < 4.78 is 7.98. The van der Waals surface area contributed by atoms with Crippen LogP contribution in [0.3, 0.4) is 0 Å². The average molecular weight is 294 g/mol. The van der Waals surface area contributed by atoms with E-state index in [-0.39, 0.29) is 11.5 Å². The Morgan fingerprint density at radius 2 is 2.35 bits per heavy atom. The van der Waals surface area contributed by atoms with Crippen LogP contribution in [0.5, 0.6) is 0 Å². The fraction of sp³-hybridized carbons (Fsp3) is 0.600. The average Bonchev–Trinajstić information content (AvgIpc) is 2.81. The molecule has 0 aliphatic carbocycles. The molecule has 108 valence electrons. The third-order valence-corrected chi connectivity index (χ3v) is 4.08. The smallest absolute Gasteiger partial charge is 0.160 e. The summed E-state index contributed by atoms with van der Waals surface area (Å²) >= 11 is 6.30. The second-order valence-corrected chi connectivity index (χ2v) is 6.14. The van der Waals surface area contributed by atoms with Crippen molar-refractivity contribution in [2.24, 2.45) is 0 Å². The topological polar surface area (TPSA) is 39.9 Å². The minimum absolute atomic E-state index is 0.132. The molecule has 0 bridgehead atoms. The summed E-state index contributed by atoms with van der Waals surface area (Å²) in [6.45, 7) is 5.66. The van der Waals surface area contributed by atoms with E-state index in [1.807, 2.05) is 19.2 Å². The lowest BCUT2D eigenvalue weighted by Gasteiger charge is -2.24. The SMILES string of the molecule is Cc1ccnc2c1nc(C(C)Cl)n2CC1CCCCO1. The lowest BCUT2D eigenvalue weighted by molar-refractivity contribution is 0.00610. The second kappa shape index (κ2) is 5.70. The van der Waals surface area contributed by atoms with Crippen molar-refractivity contribution in [2.75, 3.05) is 6.61 Å². The van der Waals surface area contributed by atoms with E-state index in [9.17, 15) is 0 Å². The van der Waals surface area contributed by atoms with Crippen molar-refractivity contribution in [3.8, 4) is 0 Å². The molecule has 5 heteroatoms. The minimum Gasteiger partial charge on any atom is -0.376 e. The maximum Gasteiger partial charge on any atom is 0.160 e. The number of aryl methyl sites for hydroxylation is 1. The highest BCUT2D eigenvalue weighted by atomic mass is 35.5. The Bertz CT molecular complexity index is 602. The van der Waals surface area contributed by atoms with Gasteiger partial charge in [0.25, 0.3) is 0 Å². The van der Waals surface area contributed by atoms with Gasteiger partial charge in [0.2, 0.25) is 0 Å². The van der Waals surface area contributed by atoms with E-state index in [0.717, 1.165) is 48.5 Å². The highest BCUT2D eigenvalue weighted by Crippen LogP contribution is 2.26. The van der Waals surface area contributed by atoms with Gasteiger partial charge in [-0.25, -0.2) is 9.97 Å². The van der Waals surface area contributed by atoms with Crippen LogP contribution in [-0.4, -0.2) is 27.2 Å². The number of ether oxygens (including phenoxy) is 1. The number of halogens is 1. The van der Waals surface area contributed by atoms with Gasteiger partial charge in [-0.1, -0.05) is 0 Å². The third kappa shape index (κ3) is 2.54. The van der Waals surface area contributed by atoms with Crippen molar-refractivity contribution in [1.29, 1.82) is 0 Å². The lowest BCUT2D eigenvalue weighted by atomic mass is 10.1. The number of fused-ring (bicyclic) bond motifs is 1. The molecule has 3 rings (SSSR count). The van der Waals surface area contributed by atoms with Crippen LogP contribution in [-0.2, 0) is 11.3 Å². The fourth-order valence-electron chi connectivity index (χ4n) is 2.79. The first kappa shape index (κ1) is 13.8. The van der Waals surface area contributed by atoms with Crippen molar-refractivity contribution in [1.82, 2.24) is 14.5 Å². The van der Waals surface area contributed by atoms with Crippen molar-refractivity contribution in [3.63, 3.8) is 0 Å². The predicted molar refractivity (Wildman–Crippen MR) is 80.1 cm³/mol. The molecular weight excluding hydrogens is 274 g/mol. The summed E-state index contributed by atoms with van der Waals surface area (Å²) in [5, 5.41) is -0.132. The molecule has 1 aliphatic heterocycles. The molecule has 1 saturated heterocycles. The van der Waals surface area contributed by atoms with Gasteiger partial charge in [-0.3, -0.25) is 0 Å². The van der Waals surface area contributed by atoms with Gasteiger partial charge >= 0.3 is 0 Å². The number of aromatic nitrogens is 3. The molecule has 2 aromatic rings. The van der Waals surface area contributed by atoms with E-state index in [1.54, 1.807) is 0 Å². The normalized spacial score (nSPS) is 21.2. The zero-order valence-corrected chi connectivity index (χ0v) is 12.7. The number of hydrogen-bond acceptors (Lipinski definition) is 3. The molecule has 0 radical (unpaired) electrons. The van der Waals surface area contributed by atoms with Gasteiger partial charge in [-0.15, -0.1) is 11.6 Å². The van der Waals surface area contributed by atoms with Crippen molar-refractivity contribution in [2.45, 2.75) is 51.1 Å². The highest BCUT2D eigenvalue weighted by Gasteiger charge is 2.21. The summed E-state index contributed by atoms with van der Waals surface area (Å²) in [6, 6.07) is 1.99. The Morgan fingerprint density at radius 1 is 1.50 bits per heavy atom. The van der Waals surface area contributed by atoms with Crippen LogP contribution in [0.15, 0.2) is 12.3 Å². The summed E-state index contributed by atoms with van der Waals surface area (Å²) in [7, 11) is 0. The Kier molecular flexibility index (Phi) is 3.94. The molecule has 0 spiro atoms. The zero-order chi connectivity index (χ0) is 14.1. The first-order chi connectivity index (χ1) is 9.66. The lowest BCUT2D eigenvalue weighted by Crippen LogP contribution is -2.25. The fourth-order valence-corrected chi connectivity index (χ4v) is 2.96. The standard InChI is InChI=1S/C15H20ClN3O/c1-10-6-7-17-15-13(10)18-14(11(2)16)19(15)9-12-5-3-4-8-20-12/h6-7,11-12H,3-5,8-9H2,1-2H3. The number of rotatable bonds is 3.